The number of fused-ring (bicyclic) bond motifs is 2. The molecule has 0 unspecified atom stereocenters. The number of carbonyl (C=O) groups is 2. The van der Waals surface area contributed by atoms with E-state index in [4.69, 9.17) is 37.4 Å². The Kier molecular flexibility index (Phi) is 6.58. The second-order valence-electron chi connectivity index (χ2n) is 8.76. The fourth-order valence-corrected chi connectivity index (χ4v) is 5.95. The third-order valence-electron chi connectivity index (χ3n) is 6.39. The fourth-order valence-electron chi connectivity index (χ4n) is 4.63. The first-order valence-corrected chi connectivity index (χ1v) is 13.6. The highest BCUT2D eigenvalue weighted by atomic mass is 35.5. The first kappa shape index (κ1) is 25.5. The summed E-state index contributed by atoms with van der Waals surface area (Å²) in [6.45, 7) is 3.16. The molecule has 1 atom stereocenters. The standard InChI is InChI=1S/C28H20Cl2N2O6S/c1-2-36-16-5-7-19-22(13-16)39-28(31-19)32-24(14-3-6-17(29)18(30)11-14)23(26(34)27(32)35)25(33)15-4-8-20-21(12-15)38-10-9-37-20/h3-8,11-13,24,33H,2,9-10H2,1H3/b25-23+/t24-/m1/s1. The number of ether oxygens (including phenoxy) is 3. The summed E-state index contributed by atoms with van der Waals surface area (Å²) in [4.78, 5) is 33.0. The Bertz CT molecular complexity index is 1680. The molecule has 0 saturated carbocycles. The Morgan fingerprint density at radius 1 is 1.05 bits per heavy atom. The van der Waals surface area contributed by atoms with Gasteiger partial charge in [0.1, 0.15) is 24.7 Å². The van der Waals surface area contributed by atoms with Crippen LogP contribution in [0.4, 0.5) is 5.13 Å². The van der Waals surface area contributed by atoms with Gasteiger partial charge in [-0.15, -0.1) is 0 Å². The molecule has 6 rings (SSSR count). The largest absolute Gasteiger partial charge is 0.507 e. The molecule has 1 N–H and O–H groups in total. The maximum atomic E-state index is 13.5. The number of amides is 1. The molecule has 39 heavy (non-hydrogen) atoms. The van der Waals surface area contributed by atoms with Crippen molar-refractivity contribution in [1.82, 2.24) is 4.98 Å². The van der Waals surface area contributed by atoms with Gasteiger partial charge in [0.25, 0.3) is 5.78 Å². The Balaban J connectivity index is 1.52. The molecule has 8 nitrogen and oxygen atoms in total. The van der Waals surface area contributed by atoms with Gasteiger partial charge in [-0.1, -0.05) is 40.6 Å². The predicted molar refractivity (Wildman–Crippen MR) is 149 cm³/mol. The number of nitrogens with zero attached hydrogens (tertiary/aromatic N) is 2. The zero-order valence-electron chi connectivity index (χ0n) is 20.4. The molecular formula is C28H20Cl2N2O6S. The molecule has 11 heteroatoms. The minimum atomic E-state index is -1.01. The van der Waals surface area contributed by atoms with E-state index in [1.54, 1.807) is 48.5 Å². The van der Waals surface area contributed by atoms with Crippen LogP contribution in [0.25, 0.3) is 16.0 Å². The zero-order chi connectivity index (χ0) is 27.3. The normalized spacial score (nSPS) is 18.1. The van der Waals surface area contributed by atoms with Crippen molar-refractivity contribution in [1.29, 1.82) is 0 Å². The highest BCUT2D eigenvalue weighted by Crippen LogP contribution is 2.46. The number of anilines is 1. The molecular weight excluding hydrogens is 563 g/mol. The van der Waals surface area contributed by atoms with Crippen LogP contribution in [0.1, 0.15) is 24.1 Å². The number of thiazole rings is 1. The molecule has 1 amide bonds. The number of hydrogen-bond donors (Lipinski definition) is 1. The fraction of sp³-hybridized carbons (Fsp3) is 0.179. The van der Waals surface area contributed by atoms with Crippen LogP contribution < -0.4 is 19.1 Å². The molecule has 198 valence electrons. The van der Waals surface area contributed by atoms with Gasteiger partial charge in [0.15, 0.2) is 16.6 Å². The van der Waals surface area contributed by atoms with Gasteiger partial charge in [-0.3, -0.25) is 14.5 Å². The van der Waals surface area contributed by atoms with Gasteiger partial charge in [-0.25, -0.2) is 4.98 Å². The van der Waals surface area contributed by atoms with E-state index >= 15 is 0 Å². The molecule has 1 saturated heterocycles. The molecule has 0 bridgehead atoms. The maximum absolute atomic E-state index is 13.5. The van der Waals surface area contributed by atoms with Crippen molar-refractivity contribution in [2.24, 2.45) is 0 Å². The van der Waals surface area contributed by atoms with Crippen LogP contribution in [0.15, 0.2) is 60.2 Å². The smallest absolute Gasteiger partial charge is 0.301 e. The highest BCUT2D eigenvalue weighted by Gasteiger charge is 2.48. The predicted octanol–water partition coefficient (Wildman–Crippen LogP) is 6.40. The van der Waals surface area contributed by atoms with Crippen molar-refractivity contribution in [3.8, 4) is 17.2 Å². The molecule has 0 spiro atoms. The second-order valence-corrected chi connectivity index (χ2v) is 10.6. The Hall–Kier alpha value is -3.79. The van der Waals surface area contributed by atoms with Crippen LogP contribution in [0.5, 0.6) is 17.2 Å². The average Bonchev–Trinajstić information content (AvgIpc) is 3.47. The van der Waals surface area contributed by atoms with Crippen molar-refractivity contribution in [2.45, 2.75) is 13.0 Å². The number of benzene rings is 3. The number of aliphatic hydroxyl groups is 1. The SMILES string of the molecule is CCOc1ccc2nc(N3C(=O)C(=O)/C(=C(/O)c4ccc5c(c4)OCCO5)[C@H]3c3ccc(Cl)c(Cl)c3)sc2c1. The number of aliphatic hydroxyl groups excluding tert-OH is 1. The van der Waals surface area contributed by atoms with Crippen LogP contribution in [0.2, 0.25) is 10.0 Å². The average molecular weight is 583 g/mol. The van der Waals surface area contributed by atoms with Gasteiger partial charge in [-0.2, -0.15) is 0 Å². The molecule has 1 fully saturated rings. The van der Waals surface area contributed by atoms with Crippen LogP contribution in [-0.2, 0) is 9.59 Å². The summed E-state index contributed by atoms with van der Waals surface area (Å²) in [6, 6.07) is 14.1. The molecule has 0 aliphatic carbocycles. The van der Waals surface area contributed by atoms with Crippen molar-refractivity contribution in [2.75, 3.05) is 24.7 Å². The monoisotopic (exact) mass is 582 g/mol. The van der Waals surface area contributed by atoms with Crippen LogP contribution in [0, 0.1) is 0 Å². The minimum Gasteiger partial charge on any atom is -0.507 e. The lowest BCUT2D eigenvalue weighted by Gasteiger charge is -2.23. The molecule has 3 heterocycles. The van der Waals surface area contributed by atoms with Crippen LogP contribution in [-0.4, -0.2) is 41.6 Å². The van der Waals surface area contributed by atoms with E-state index in [0.29, 0.717) is 58.7 Å². The number of rotatable bonds is 5. The van der Waals surface area contributed by atoms with Gasteiger partial charge in [0, 0.05) is 5.56 Å². The third kappa shape index (κ3) is 4.46. The maximum Gasteiger partial charge on any atom is 0.301 e. The summed E-state index contributed by atoms with van der Waals surface area (Å²) < 4.78 is 17.6. The zero-order valence-corrected chi connectivity index (χ0v) is 22.8. The number of aromatic nitrogens is 1. The van der Waals surface area contributed by atoms with Crippen molar-refractivity contribution < 1.29 is 28.9 Å². The summed E-state index contributed by atoms with van der Waals surface area (Å²) in [7, 11) is 0. The van der Waals surface area contributed by atoms with Crippen molar-refractivity contribution >= 4 is 67.3 Å². The van der Waals surface area contributed by atoms with E-state index in [9.17, 15) is 14.7 Å². The Morgan fingerprint density at radius 2 is 1.85 bits per heavy atom. The van der Waals surface area contributed by atoms with E-state index in [1.165, 1.54) is 16.2 Å². The number of halogens is 2. The molecule has 2 aliphatic rings. The molecule has 3 aromatic carbocycles. The molecule has 0 radical (unpaired) electrons. The lowest BCUT2D eigenvalue weighted by Crippen LogP contribution is -2.29. The Labute approximate surface area is 236 Å². The number of hydrogen-bond acceptors (Lipinski definition) is 8. The summed E-state index contributed by atoms with van der Waals surface area (Å²) in [6.07, 6.45) is 0. The first-order chi connectivity index (χ1) is 18.9. The summed E-state index contributed by atoms with van der Waals surface area (Å²) >= 11 is 13.7. The highest BCUT2D eigenvalue weighted by molar-refractivity contribution is 7.22. The van der Waals surface area contributed by atoms with Gasteiger partial charge >= 0.3 is 5.91 Å². The van der Waals surface area contributed by atoms with Gasteiger partial charge in [-0.05, 0) is 61.0 Å². The van der Waals surface area contributed by atoms with E-state index in [0.717, 1.165) is 4.70 Å². The minimum absolute atomic E-state index is 0.107. The topological polar surface area (TPSA) is 98.2 Å². The second kappa shape index (κ2) is 10.1. The van der Waals surface area contributed by atoms with E-state index < -0.39 is 17.7 Å². The van der Waals surface area contributed by atoms with Crippen LogP contribution >= 0.6 is 34.5 Å². The van der Waals surface area contributed by atoms with Gasteiger partial charge in [0.2, 0.25) is 0 Å². The summed E-state index contributed by atoms with van der Waals surface area (Å²) in [5, 5.41) is 12.3. The Morgan fingerprint density at radius 3 is 2.62 bits per heavy atom. The van der Waals surface area contributed by atoms with Crippen LogP contribution in [0.3, 0.4) is 0 Å². The quantitative estimate of drug-likeness (QED) is 0.165. The molecule has 1 aromatic heterocycles. The molecule has 4 aromatic rings. The first-order valence-electron chi connectivity index (χ1n) is 12.0. The van der Waals surface area contributed by atoms with E-state index in [2.05, 4.69) is 4.98 Å². The molecule has 2 aliphatic heterocycles. The number of Topliss-reactive ketones (excluding diaryl/α,β-unsaturated/α-hetero) is 1. The summed E-state index contributed by atoms with van der Waals surface area (Å²) in [5.74, 6) is -0.408. The third-order valence-corrected chi connectivity index (χ3v) is 8.14. The van der Waals surface area contributed by atoms with Crippen molar-refractivity contribution in [3.63, 3.8) is 0 Å². The van der Waals surface area contributed by atoms with Gasteiger partial charge < -0.3 is 19.3 Å². The summed E-state index contributed by atoms with van der Waals surface area (Å²) in [5.41, 5.74) is 1.31. The van der Waals surface area contributed by atoms with E-state index in [1.807, 2.05) is 13.0 Å². The lowest BCUT2D eigenvalue weighted by atomic mass is 9.95. The van der Waals surface area contributed by atoms with Gasteiger partial charge in [0.05, 0.1) is 38.5 Å². The number of carbonyl (C=O) groups excluding carboxylic acids is 2. The van der Waals surface area contributed by atoms with E-state index in [-0.39, 0.29) is 21.5 Å². The number of ketones is 1. The van der Waals surface area contributed by atoms with Crippen molar-refractivity contribution in [3.05, 3.63) is 81.3 Å². The lowest BCUT2D eigenvalue weighted by molar-refractivity contribution is -0.132.